The van der Waals surface area contributed by atoms with E-state index in [-0.39, 0.29) is 0 Å². The molecule has 0 aliphatic rings. The molecule has 0 spiro atoms. The van der Waals surface area contributed by atoms with Crippen molar-refractivity contribution in [1.29, 1.82) is 0 Å². The predicted molar refractivity (Wildman–Crippen MR) is 35.2 cm³/mol. The minimum Gasteiger partial charge on any atom is -0.341 e. The lowest BCUT2D eigenvalue weighted by Gasteiger charge is -2.00. The van der Waals surface area contributed by atoms with Crippen LogP contribution >= 0.6 is 7.37 Å². The Bertz CT molecular complexity index is 120. The Morgan fingerprint density at radius 3 is 2.50 bits per heavy atom. The molecule has 8 heavy (non-hydrogen) atoms. The van der Waals surface area contributed by atoms with Crippen molar-refractivity contribution < 1.29 is 9.46 Å². The molecule has 0 aromatic heterocycles. The highest BCUT2D eigenvalue weighted by molar-refractivity contribution is 7.61. The van der Waals surface area contributed by atoms with Crippen LogP contribution in [0.15, 0.2) is 12.4 Å². The average Bonchev–Trinajstić information content (AvgIpc) is 1.67. The van der Waals surface area contributed by atoms with Gasteiger partial charge in [0.25, 0.3) is 0 Å². The molecule has 0 rings (SSSR count). The van der Waals surface area contributed by atoms with Crippen LogP contribution in [0.1, 0.15) is 13.3 Å². The minimum atomic E-state index is -2.91. The Hall–Kier alpha value is -0.0700. The summed E-state index contributed by atoms with van der Waals surface area (Å²) in [7, 11) is -2.91. The van der Waals surface area contributed by atoms with E-state index in [0.717, 1.165) is 12.2 Å². The summed E-state index contributed by atoms with van der Waals surface area (Å²) in [5.41, 5.74) is 0. The molecule has 1 N–H and O–H groups in total. The first kappa shape index (κ1) is 7.93. The molecule has 1 unspecified atom stereocenters. The van der Waals surface area contributed by atoms with Gasteiger partial charge >= 0.3 is 0 Å². The quantitative estimate of drug-likeness (QED) is 0.597. The summed E-state index contributed by atoms with van der Waals surface area (Å²) < 4.78 is 10.6. The molecular weight excluding hydrogens is 123 g/mol. The first-order valence-corrected chi connectivity index (χ1v) is 4.49. The lowest BCUT2D eigenvalue weighted by atomic mass is 10.6. The van der Waals surface area contributed by atoms with Gasteiger partial charge in [0.15, 0.2) is 0 Å². The van der Waals surface area contributed by atoms with Gasteiger partial charge in [0.2, 0.25) is 7.37 Å². The zero-order valence-corrected chi connectivity index (χ0v) is 5.90. The zero-order valence-electron chi connectivity index (χ0n) is 5.00. The van der Waals surface area contributed by atoms with Crippen molar-refractivity contribution in [2.75, 3.05) is 6.16 Å². The van der Waals surface area contributed by atoms with Crippen LogP contribution in [0.2, 0.25) is 0 Å². The lowest BCUT2D eigenvalue weighted by Crippen LogP contribution is -1.80. The molecule has 0 amide bonds. The van der Waals surface area contributed by atoms with Gasteiger partial charge in [-0.15, -0.1) is 0 Å². The monoisotopic (exact) mass is 134 g/mol. The van der Waals surface area contributed by atoms with Crippen LogP contribution in [0.5, 0.6) is 0 Å². The molecule has 0 saturated carbocycles. The van der Waals surface area contributed by atoms with E-state index in [1.54, 1.807) is 0 Å². The van der Waals surface area contributed by atoms with Gasteiger partial charge in [-0.3, -0.25) is 4.57 Å². The molecule has 0 bridgehead atoms. The van der Waals surface area contributed by atoms with Crippen molar-refractivity contribution in [3.8, 4) is 0 Å². The number of hydrogen-bond acceptors (Lipinski definition) is 1. The third-order valence-electron chi connectivity index (χ3n) is 0.829. The van der Waals surface area contributed by atoms with Crippen molar-refractivity contribution in [3.63, 3.8) is 0 Å². The maximum Gasteiger partial charge on any atom is 0.222 e. The second-order valence-corrected chi connectivity index (χ2v) is 3.99. The molecule has 0 radical (unpaired) electrons. The number of hydrogen-bond donors (Lipinski definition) is 1. The molecule has 48 valence electrons. The first-order valence-electron chi connectivity index (χ1n) is 2.57. The van der Waals surface area contributed by atoms with E-state index in [4.69, 9.17) is 4.89 Å². The smallest absolute Gasteiger partial charge is 0.222 e. The lowest BCUT2D eigenvalue weighted by molar-refractivity contribution is 0.488. The molecule has 0 fully saturated rings. The number of rotatable bonds is 3. The molecule has 3 heteroatoms. The summed E-state index contributed by atoms with van der Waals surface area (Å²) in [5, 5.41) is 0. The van der Waals surface area contributed by atoms with E-state index < -0.39 is 7.37 Å². The average molecular weight is 134 g/mol. The van der Waals surface area contributed by atoms with Gasteiger partial charge in [-0.1, -0.05) is 13.5 Å². The molecule has 2 nitrogen and oxygen atoms in total. The maximum atomic E-state index is 10.6. The van der Waals surface area contributed by atoms with Crippen LogP contribution in [0.3, 0.4) is 0 Å². The highest BCUT2D eigenvalue weighted by Gasteiger charge is 2.08. The summed E-state index contributed by atoms with van der Waals surface area (Å²) in [5.74, 6) is 1.14. The summed E-state index contributed by atoms with van der Waals surface area (Å²) in [4.78, 5) is 8.76. The van der Waals surface area contributed by atoms with Crippen LogP contribution in [0.25, 0.3) is 0 Å². The standard InChI is InChI=1S/C5H11O2P/c1-3-5-8(6,7)4-2/h4H,2-3,5H2,1H3,(H,6,7). The van der Waals surface area contributed by atoms with E-state index in [9.17, 15) is 4.57 Å². The summed E-state index contributed by atoms with van der Waals surface area (Å²) in [6.07, 6.45) is 1.09. The van der Waals surface area contributed by atoms with E-state index in [1.165, 1.54) is 0 Å². The molecule has 0 aromatic rings. The van der Waals surface area contributed by atoms with Gasteiger partial charge in [0.1, 0.15) is 0 Å². The van der Waals surface area contributed by atoms with Crippen LogP contribution in [-0.2, 0) is 4.57 Å². The van der Waals surface area contributed by atoms with Gasteiger partial charge in [-0.2, -0.15) is 0 Å². The zero-order chi connectivity index (χ0) is 6.62. The Labute approximate surface area is 49.7 Å². The topological polar surface area (TPSA) is 37.3 Å². The van der Waals surface area contributed by atoms with E-state index in [0.29, 0.717) is 6.16 Å². The van der Waals surface area contributed by atoms with Crippen molar-refractivity contribution in [1.82, 2.24) is 0 Å². The fourth-order valence-electron chi connectivity index (χ4n) is 0.412. The molecule has 0 aromatic carbocycles. The second kappa shape index (κ2) is 3.06. The van der Waals surface area contributed by atoms with E-state index in [2.05, 4.69) is 6.58 Å². The molecule has 1 atom stereocenters. The highest BCUT2D eigenvalue weighted by Crippen LogP contribution is 2.41. The van der Waals surface area contributed by atoms with E-state index in [1.807, 2.05) is 6.92 Å². The Balaban J connectivity index is 3.73. The molecular formula is C5H11O2P. The Kier molecular flexibility index (Phi) is 3.03. The molecule has 0 saturated heterocycles. The minimum absolute atomic E-state index is 0.358. The Morgan fingerprint density at radius 1 is 1.88 bits per heavy atom. The molecule has 0 aliphatic heterocycles. The molecule has 0 aliphatic carbocycles. The normalized spacial score (nSPS) is 17.2. The highest BCUT2D eigenvalue weighted by atomic mass is 31.2. The summed E-state index contributed by atoms with van der Waals surface area (Å²) in [6, 6.07) is 0. The van der Waals surface area contributed by atoms with Crippen LogP contribution < -0.4 is 0 Å². The third-order valence-corrected chi connectivity index (χ3v) is 2.49. The van der Waals surface area contributed by atoms with Crippen LogP contribution in [0.4, 0.5) is 0 Å². The largest absolute Gasteiger partial charge is 0.341 e. The van der Waals surface area contributed by atoms with Gasteiger partial charge in [-0.25, -0.2) is 0 Å². The van der Waals surface area contributed by atoms with Gasteiger partial charge in [-0.05, 0) is 12.2 Å². The summed E-state index contributed by atoms with van der Waals surface area (Å²) >= 11 is 0. The predicted octanol–water partition coefficient (Wildman–Crippen LogP) is 1.81. The van der Waals surface area contributed by atoms with Gasteiger partial charge < -0.3 is 4.89 Å². The van der Waals surface area contributed by atoms with Crippen molar-refractivity contribution in [2.45, 2.75) is 13.3 Å². The Morgan fingerprint density at radius 2 is 2.38 bits per heavy atom. The van der Waals surface area contributed by atoms with Crippen molar-refractivity contribution in [3.05, 3.63) is 12.4 Å². The fourth-order valence-corrected chi connectivity index (χ4v) is 1.24. The first-order chi connectivity index (χ1) is 3.62. The van der Waals surface area contributed by atoms with Crippen LogP contribution in [0, 0.1) is 0 Å². The van der Waals surface area contributed by atoms with Gasteiger partial charge in [0.05, 0.1) is 0 Å². The fraction of sp³-hybridized carbons (Fsp3) is 0.600. The van der Waals surface area contributed by atoms with Crippen molar-refractivity contribution >= 4 is 7.37 Å². The van der Waals surface area contributed by atoms with Crippen LogP contribution in [-0.4, -0.2) is 11.1 Å². The van der Waals surface area contributed by atoms with E-state index >= 15 is 0 Å². The SMILES string of the molecule is C=CP(=O)(O)CCC. The maximum absolute atomic E-state index is 10.6. The summed E-state index contributed by atoms with van der Waals surface area (Å²) in [6.45, 7) is 5.11. The third kappa shape index (κ3) is 3.00. The molecule has 0 heterocycles. The van der Waals surface area contributed by atoms with Gasteiger partial charge in [0, 0.05) is 6.16 Å². The van der Waals surface area contributed by atoms with Crippen molar-refractivity contribution in [2.24, 2.45) is 0 Å². The second-order valence-electron chi connectivity index (χ2n) is 1.66.